The van der Waals surface area contributed by atoms with Gasteiger partial charge in [0.2, 0.25) is 0 Å². The first-order valence-corrected chi connectivity index (χ1v) is 7.63. The molecule has 0 unspecified atom stereocenters. The molecule has 0 saturated carbocycles. The number of carboxylic acid groups (broad SMARTS) is 3. The van der Waals surface area contributed by atoms with Gasteiger partial charge in [-0.1, -0.05) is 0 Å². The van der Waals surface area contributed by atoms with Gasteiger partial charge in [-0.3, -0.25) is 19.8 Å². The predicted octanol–water partition coefficient (Wildman–Crippen LogP) is -2.59. The van der Waals surface area contributed by atoms with E-state index in [2.05, 4.69) is 17.9 Å². The van der Waals surface area contributed by atoms with Gasteiger partial charge in [0.05, 0.1) is 0 Å². The van der Waals surface area contributed by atoms with Crippen molar-refractivity contribution in [2.45, 2.75) is 37.9 Å². The largest absolute Gasteiger partial charge is 0.480 e. The number of rotatable bonds is 8. The maximum atomic E-state index is 10.2. The van der Waals surface area contributed by atoms with Gasteiger partial charge in [0.1, 0.15) is 18.1 Å². The Morgan fingerprint density at radius 1 is 1.04 bits per heavy atom. The van der Waals surface area contributed by atoms with Crippen molar-refractivity contribution in [3.63, 3.8) is 0 Å². The minimum atomic E-state index is -1.00. The van der Waals surface area contributed by atoms with Crippen LogP contribution in [-0.2, 0) is 14.4 Å². The average molecular weight is 384 g/mol. The second-order valence-electron chi connectivity index (χ2n) is 4.68. The molecule has 0 rings (SSSR count). The van der Waals surface area contributed by atoms with Crippen molar-refractivity contribution in [3.05, 3.63) is 0 Å². The van der Waals surface area contributed by atoms with Crippen molar-refractivity contribution in [1.82, 2.24) is 5.32 Å². The number of nitrogens with one attached hydrogen (secondary N) is 2. The van der Waals surface area contributed by atoms with Crippen LogP contribution in [0.3, 0.4) is 0 Å². The maximum Gasteiger partial charge on any atom is 0.321 e. The van der Waals surface area contributed by atoms with Crippen LogP contribution in [0.5, 0.6) is 0 Å². The lowest BCUT2D eigenvalue weighted by Gasteiger charge is -2.06. The highest BCUT2D eigenvalue weighted by atomic mass is 32.1. The second kappa shape index (κ2) is 16.8. The van der Waals surface area contributed by atoms with E-state index in [1.165, 1.54) is 6.92 Å². The van der Waals surface area contributed by atoms with Gasteiger partial charge >= 0.3 is 17.9 Å². The summed E-state index contributed by atoms with van der Waals surface area (Å²) in [6.07, 6.45) is 0.975. The first kappa shape index (κ1) is 27.7. The molecule has 0 aromatic heterocycles. The summed E-state index contributed by atoms with van der Waals surface area (Å²) in [7, 11) is 0. The third-order valence-electron chi connectivity index (χ3n) is 2.23. The smallest absolute Gasteiger partial charge is 0.321 e. The van der Waals surface area contributed by atoms with Crippen LogP contribution in [0.15, 0.2) is 0 Å². The van der Waals surface area contributed by atoms with Gasteiger partial charge in [-0.25, -0.2) is 0 Å². The van der Waals surface area contributed by atoms with Crippen molar-refractivity contribution in [2.24, 2.45) is 22.9 Å². The molecule has 0 aromatic rings. The molecule has 0 amide bonds. The van der Waals surface area contributed by atoms with E-state index in [0.717, 1.165) is 0 Å². The summed E-state index contributed by atoms with van der Waals surface area (Å²) >= 11 is 3.65. The predicted molar refractivity (Wildman–Crippen MR) is 95.5 cm³/mol. The Labute approximate surface area is 150 Å². The molecule has 0 radical (unpaired) electrons. The van der Waals surface area contributed by atoms with E-state index in [1.54, 1.807) is 0 Å². The Morgan fingerprint density at radius 2 is 1.44 bits per heavy atom. The van der Waals surface area contributed by atoms with E-state index in [9.17, 15) is 14.4 Å². The Hall–Kier alpha value is -2.09. The van der Waals surface area contributed by atoms with Crippen molar-refractivity contribution >= 4 is 36.5 Å². The van der Waals surface area contributed by atoms with Crippen molar-refractivity contribution in [2.75, 3.05) is 12.3 Å². The summed E-state index contributed by atoms with van der Waals surface area (Å²) in [5.41, 5.74) is 20.0. The third kappa shape index (κ3) is 24.3. The summed E-state index contributed by atoms with van der Waals surface area (Å²) in [6, 6.07) is -2.37. The Morgan fingerprint density at radius 3 is 1.64 bits per heavy atom. The van der Waals surface area contributed by atoms with Crippen LogP contribution in [0, 0.1) is 5.41 Å². The van der Waals surface area contributed by atoms with Crippen LogP contribution < -0.4 is 28.3 Å². The quantitative estimate of drug-likeness (QED) is 0.0898. The molecule has 13 N–H and O–H groups in total. The SMILES string of the molecule is C[C@H](N)C(=O)O.N=C(N)NCCC[C@H](N)C(=O)O.N[C@@H](CS)C(=O)O. The molecule has 0 fully saturated rings. The first-order chi connectivity index (χ1) is 11.4. The number of carbonyl (C=O) groups is 3. The molecular weight excluding hydrogens is 356 g/mol. The fourth-order valence-electron chi connectivity index (χ4n) is 0.747. The van der Waals surface area contributed by atoms with Crippen LogP contribution >= 0.6 is 12.6 Å². The molecule has 0 aliphatic carbocycles. The van der Waals surface area contributed by atoms with Crippen LogP contribution in [0.1, 0.15) is 19.8 Å². The molecule has 0 bridgehead atoms. The number of carboxylic acids is 3. The summed E-state index contributed by atoms with van der Waals surface area (Å²) in [5.74, 6) is -2.89. The van der Waals surface area contributed by atoms with E-state index in [0.29, 0.717) is 19.4 Å². The van der Waals surface area contributed by atoms with Gasteiger partial charge in [0.15, 0.2) is 5.96 Å². The Bertz CT molecular complexity index is 423. The number of nitrogens with two attached hydrogens (primary N) is 4. The molecule has 0 saturated heterocycles. The van der Waals surface area contributed by atoms with E-state index >= 15 is 0 Å². The summed E-state index contributed by atoms with van der Waals surface area (Å²) in [4.78, 5) is 29.5. The molecule has 0 aliphatic heterocycles. The molecule has 13 heteroatoms. The van der Waals surface area contributed by atoms with E-state index in [1.807, 2.05) is 0 Å². The first-order valence-electron chi connectivity index (χ1n) is 7.00. The fraction of sp³-hybridized carbons (Fsp3) is 0.667. The summed E-state index contributed by atoms with van der Waals surface area (Å²) in [6.45, 7) is 1.90. The molecule has 25 heavy (non-hydrogen) atoms. The zero-order valence-electron chi connectivity index (χ0n) is 13.9. The molecule has 0 spiro atoms. The lowest BCUT2D eigenvalue weighted by atomic mass is 10.2. The molecule has 0 heterocycles. The topological polar surface area (TPSA) is 252 Å². The molecule has 3 atom stereocenters. The van der Waals surface area contributed by atoms with Gasteiger partial charge in [-0.15, -0.1) is 0 Å². The van der Waals surface area contributed by atoms with Crippen molar-refractivity contribution in [3.8, 4) is 0 Å². The van der Waals surface area contributed by atoms with Gasteiger partial charge < -0.3 is 43.6 Å². The highest BCUT2D eigenvalue weighted by Crippen LogP contribution is 1.92. The Kier molecular flexibility index (Phi) is 18.6. The van der Waals surface area contributed by atoms with Crippen LogP contribution in [0.4, 0.5) is 0 Å². The van der Waals surface area contributed by atoms with Gasteiger partial charge in [0, 0.05) is 12.3 Å². The molecule has 0 aliphatic rings. The normalized spacial score (nSPS) is 12.8. The molecule has 148 valence electrons. The third-order valence-corrected chi connectivity index (χ3v) is 2.62. The maximum absolute atomic E-state index is 10.2. The van der Waals surface area contributed by atoms with Crippen molar-refractivity contribution in [1.29, 1.82) is 5.41 Å². The standard InChI is InChI=1S/C6H14N4O2.C3H7NO2S.C3H7NO2/c7-4(5(11)12)2-1-3-10-6(8)9;4-2(1-7)3(5)6;1-2(4)3(5)6/h4H,1-3,7H2,(H,11,12)(H4,8,9,10);2,7H,1,4H2,(H,5,6);2H,4H2,1H3,(H,5,6)/t4-;2*2-/m000/s1. The molecular formula is C12H28N6O6S. The summed E-state index contributed by atoms with van der Waals surface area (Å²) in [5, 5.41) is 33.6. The fourth-order valence-corrected chi connectivity index (χ4v) is 0.903. The number of thiol groups is 1. The zero-order chi connectivity index (χ0) is 20.6. The van der Waals surface area contributed by atoms with Gasteiger partial charge in [-0.05, 0) is 19.8 Å². The van der Waals surface area contributed by atoms with Crippen LogP contribution in [0.2, 0.25) is 0 Å². The monoisotopic (exact) mass is 384 g/mol. The summed E-state index contributed by atoms with van der Waals surface area (Å²) < 4.78 is 0. The molecule has 0 aromatic carbocycles. The highest BCUT2D eigenvalue weighted by molar-refractivity contribution is 7.80. The average Bonchev–Trinajstić information content (AvgIpc) is 2.51. The minimum absolute atomic E-state index is 0.112. The molecule has 12 nitrogen and oxygen atoms in total. The second-order valence-corrected chi connectivity index (χ2v) is 5.05. The van der Waals surface area contributed by atoms with Gasteiger partial charge in [-0.2, -0.15) is 12.6 Å². The number of aliphatic carboxylic acids is 3. The number of guanidine groups is 1. The number of hydrogen-bond acceptors (Lipinski definition) is 8. The lowest BCUT2D eigenvalue weighted by Crippen LogP contribution is -2.34. The van der Waals surface area contributed by atoms with Crippen LogP contribution in [0.25, 0.3) is 0 Å². The minimum Gasteiger partial charge on any atom is -0.480 e. The van der Waals surface area contributed by atoms with Crippen LogP contribution in [-0.4, -0.2) is 69.6 Å². The van der Waals surface area contributed by atoms with Gasteiger partial charge in [0.25, 0.3) is 0 Å². The van der Waals surface area contributed by atoms with E-state index < -0.39 is 36.0 Å². The lowest BCUT2D eigenvalue weighted by molar-refractivity contribution is -0.139. The highest BCUT2D eigenvalue weighted by Gasteiger charge is 2.09. The Balaban J connectivity index is -0.000000317. The van der Waals surface area contributed by atoms with E-state index in [4.69, 9.17) is 43.7 Å². The zero-order valence-corrected chi connectivity index (χ0v) is 14.8. The van der Waals surface area contributed by atoms with E-state index in [-0.39, 0.29) is 11.7 Å². The van der Waals surface area contributed by atoms with Crippen molar-refractivity contribution < 1.29 is 29.7 Å². The number of hydrogen-bond donors (Lipinski definition) is 10.